The van der Waals surface area contributed by atoms with E-state index in [1.54, 1.807) is 0 Å². The second-order valence-electron chi connectivity index (χ2n) is 4.36. The molecule has 92 valence electrons. The summed E-state index contributed by atoms with van der Waals surface area (Å²) in [6, 6.07) is 6.06. The van der Waals surface area contributed by atoms with Gasteiger partial charge < -0.3 is 19.2 Å². The fraction of sp³-hybridized carbons (Fsp3) is 0.500. The van der Waals surface area contributed by atoms with E-state index in [0.29, 0.717) is 6.79 Å². The van der Waals surface area contributed by atoms with Crippen LogP contribution in [0.5, 0.6) is 11.5 Å². The summed E-state index contributed by atoms with van der Waals surface area (Å²) in [4.78, 5) is 7.19. The molecule has 1 fully saturated rings. The highest BCUT2D eigenvalue weighted by Crippen LogP contribution is 2.36. The van der Waals surface area contributed by atoms with Crippen LogP contribution in [0.2, 0.25) is 0 Å². The summed E-state index contributed by atoms with van der Waals surface area (Å²) in [5.74, 6) is 6.87. The number of benzene rings is 1. The van der Waals surface area contributed by atoms with Crippen molar-refractivity contribution in [3.8, 4) is 11.5 Å². The fourth-order valence-corrected chi connectivity index (χ4v) is 2.33. The van der Waals surface area contributed by atoms with Gasteiger partial charge in [-0.2, -0.15) is 0 Å². The molecule has 1 aromatic carbocycles. The van der Waals surface area contributed by atoms with E-state index < -0.39 is 0 Å². The summed E-state index contributed by atoms with van der Waals surface area (Å²) >= 11 is 0. The maximum atomic E-state index is 5.38. The Morgan fingerprint density at radius 1 is 1.18 bits per heavy atom. The normalized spacial score (nSPS) is 19.7. The zero-order valence-corrected chi connectivity index (χ0v) is 9.59. The van der Waals surface area contributed by atoms with Gasteiger partial charge in [0, 0.05) is 24.8 Å². The van der Waals surface area contributed by atoms with Crippen LogP contribution in [-0.2, 0) is 4.84 Å². The molecule has 5 nitrogen and oxygen atoms in total. The minimum Gasteiger partial charge on any atom is -0.454 e. The molecule has 0 amide bonds. The quantitative estimate of drug-likeness (QED) is 0.784. The first-order valence-corrected chi connectivity index (χ1v) is 5.87. The van der Waals surface area contributed by atoms with E-state index in [1.165, 1.54) is 5.69 Å². The van der Waals surface area contributed by atoms with Gasteiger partial charge in [-0.15, -0.1) is 0 Å². The Labute approximate surface area is 100 Å². The van der Waals surface area contributed by atoms with E-state index in [2.05, 4.69) is 11.0 Å². The van der Waals surface area contributed by atoms with Gasteiger partial charge >= 0.3 is 0 Å². The maximum Gasteiger partial charge on any atom is 0.231 e. The molecule has 0 spiro atoms. The Hall–Kier alpha value is -1.46. The summed E-state index contributed by atoms with van der Waals surface area (Å²) in [6.07, 6.45) is 2.12. The average Bonchev–Trinajstić information content (AvgIpc) is 2.86. The predicted octanol–water partition coefficient (Wildman–Crippen LogP) is 1.27. The van der Waals surface area contributed by atoms with Crippen LogP contribution in [0.4, 0.5) is 5.69 Å². The van der Waals surface area contributed by atoms with E-state index in [0.717, 1.165) is 37.4 Å². The first-order valence-electron chi connectivity index (χ1n) is 5.87. The van der Waals surface area contributed by atoms with Crippen molar-refractivity contribution in [2.75, 3.05) is 24.8 Å². The lowest BCUT2D eigenvalue weighted by Crippen LogP contribution is -2.37. The van der Waals surface area contributed by atoms with E-state index in [4.69, 9.17) is 20.2 Å². The van der Waals surface area contributed by atoms with Crippen molar-refractivity contribution >= 4 is 5.69 Å². The smallest absolute Gasteiger partial charge is 0.231 e. The van der Waals surface area contributed by atoms with Crippen LogP contribution in [0.1, 0.15) is 12.8 Å². The third-order valence-corrected chi connectivity index (χ3v) is 3.36. The molecule has 2 aliphatic rings. The second kappa shape index (κ2) is 4.43. The largest absolute Gasteiger partial charge is 0.454 e. The molecule has 0 radical (unpaired) electrons. The average molecular weight is 236 g/mol. The molecular weight excluding hydrogens is 220 g/mol. The maximum absolute atomic E-state index is 5.38. The number of fused-ring (bicyclic) bond motifs is 1. The molecule has 2 heterocycles. The molecule has 0 atom stereocenters. The van der Waals surface area contributed by atoms with Crippen molar-refractivity contribution in [3.05, 3.63) is 18.2 Å². The van der Waals surface area contributed by atoms with Crippen LogP contribution in [0.25, 0.3) is 0 Å². The van der Waals surface area contributed by atoms with Crippen molar-refractivity contribution in [1.82, 2.24) is 0 Å². The number of anilines is 1. The summed E-state index contributed by atoms with van der Waals surface area (Å²) in [5.41, 5.74) is 1.17. The van der Waals surface area contributed by atoms with E-state index in [9.17, 15) is 0 Å². The standard InChI is InChI=1S/C12H16N2O3/c13-17-10-3-5-14(6-4-10)9-1-2-11-12(7-9)16-8-15-11/h1-2,7,10H,3-6,8,13H2. The Morgan fingerprint density at radius 3 is 2.71 bits per heavy atom. The molecule has 1 saturated heterocycles. The molecule has 0 aliphatic carbocycles. The molecule has 5 heteroatoms. The first kappa shape index (κ1) is 10.7. The molecule has 1 aromatic rings. The van der Waals surface area contributed by atoms with Crippen LogP contribution in [0.15, 0.2) is 18.2 Å². The Balaban J connectivity index is 1.72. The van der Waals surface area contributed by atoms with Gasteiger partial charge in [-0.1, -0.05) is 0 Å². The van der Waals surface area contributed by atoms with Gasteiger partial charge in [0.15, 0.2) is 11.5 Å². The molecule has 0 bridgehead atoms. The van der Waals surface area contributed by atoms with Crippen molar-refractivity contribution in [1.29, 1.82) is 0 Å². The van der Waals surface area contributed by atoms with Gasteiger partial charge in [-0.05, 0) is 25.0 Å². The molecule has 0 aromatic heterocycles. The third-order valence-electron chi connectivity index (χ3n) is 3.36. The van der Waals surface area contributed by atoms with E-state index >= 15 is 0 Å². The summed E-state index contributed by atoms with van der Waals surface area (Å²) < 4.78 is 10.7. The number of rotatable bonds is 2. The fourth-order valence-electron chi connectivity index (χ4n) is 2.33. The summed E-state index contributed by atoms with van der Waals surface area (Å²) in [5, 5.41) is 0. The van der Waals surface area contributed by atoms with Crippen LogP contribution in [-0.4, -0.2) is 26.0 Å². The monoisotopic (exact) mass is 236 g/mol. The van der Waals surface area contributed by atoms with E-state index in [1.807, 2.05) is 12.1 Å². The molecule has 2 aliphatic heterocycles. The highest BCUT2D eigenvalue weighted by molar-refractivity contribution is 5.57. The lowest BCUT2D eigenvalue weighted by Gasteiger charge is -2.32. The molecule has 0 saturated carbocycles. The number of hydrogen-bond acceptors (Lipinski definition) is 5. The lowest BCUT2D eigenvalue weighted by atomic mass is 10.1. The number of nitrogens with two attached hydrogens (primary N) is 1. The SMILES string of the molecule is NOC1CCN(c2ccc3c(c2)OCO3)CC1. The molecule has 3 rings (SSSR count). The number of hydrogen-bond donors (Lipinski definition) is 1. The topological polar surface area (TPSA) is 57.0 Å². The minimum absolute atomic E-state index is 0.195. The zero-order valence-electron chi connectivity index (χ0n) is 9.59. The van der Waals surface area contributed by atoms with Gasteiger partial charge in [-0.25, -0.2) is 5.90 Å². The van der Waals surface area contributed by atoms with Crippen LogP contribution >= 0.6 is 0 Å². The van der Waals surface area contributed by atoms with Crippen LogP contribution < -0.4 is 20.3 Å². The number of piperidine rings is 1. The van der Waals surface area contributed by atoms with Gasteiger partial charge in [0.1, 0.15) is 0 Å². The zero-order chi connectivity index (χ0) is 11.7. The highest BCUT2D eigenvalue weighted by atomic mass is 16.7. The van der Waals surface area contributed by atoms with Crippen molar-refractivity contribution < 1.29 is 14.3 Å². The highest BCUT2D eigenvalue weighted by Gasteiger charge is 2.21. The minimum atomic E-state index is 0.195. The van der Waals surface area contributed by atoms with Gasteiger partial charge in [0.05, 0.1) is 6.10 Å². The Kier molecular flexibility index (Phi) is 2.78. The van der Waals surface area contributed by atoms with Crippen molar-refractivity contribution in [2.24, 2.45) is 5.90 Å². The Morgan fingerprint density at radius 2 is 1.94 bits per heavy atom. The summed E-state index contributed by atoms with van der Waals surface area (Å²) in [6.45, 7) is 2.24. The molecule has 0 unspecified atom stereocenters. The third kappa shape index (κ3) is 2.03. The van der Waals surface area contributed by atoms with Gasteiger partial charge in [-0.3, -0.25) is 0 Å². The second-order valence-corrected chi connectivity index (χ2v) is 4.36. The molecule has 2 N–H and O–H groups in total. The number of nitrogens with zero attached hydrogens (tertiary/aromatic N) is 1. The van der Waals surface area contributed by atoms with Crippen molar-refractivity contribution in [2.45, 2.75) is 18.9 Å². The van der Waals surface area contributed by atoms with Gasteiger partial charge in [0.2, 0.25) is 6.79 Å². The molecule has 17 heavy (non-hydrogen) atoms. The lowest BCUT2D eigenvalue weighted by molar-refractivity contribution is 0.0367. The van der Waals surface area contributed by atoms with Crippen LogP contribution in [0, 0.1) is 0 Å². The number of ether oxygens (including phenoxy) is 2. The predicted molar refractivity (Wildman–Crippen MR) is 63.1 cm³/mol. The Bertz CT molecular complexity index is 403. The van der Waals surface area contributed by atoms with Gasteiger partial charge in [0.25, 0.3) is 0 Å². The van der Waals surface area contributed by atoms with Crippen molar-refractivity contribution in [3.63, 3.8) is 0 Å². The van der Waals surface area contributed by atoms with Crippen LogP contribution in [0.3, 0.4) is 0 Å². The molecular formula is C12H16N2O3. The first-order chi connectivity index (χ1) is 8.36. The summed E-state index contributed by atoms with van der Waals surface area (Å²) in [7, 11) is 0. The van der Waals surface area contributed by atoms with E-state index in [-0.39, 0.29) is 6.10 Å².